The summed E-state index contributed by atoms with van der Waals surface area (Å²) in [6, 6.07) is 4.80. The molecule has 7 heteroatoms. The van der Waals surface area contributed by atoms with Gasteiger partial charge >= 0.3 is 0 Å². The number of halogens is 1. The molecule has 2 aromatic rings. The molecule has 2 heterocycles. The first kappa shape index (κ1) is 13.6. The van der Waals surface area contributed by atoms with E-state index in [1.165, 1.54) is 6.07 Å². The lowest BCUT2D eigenvalue weighted by Crippen LogP contribution is -2.14. The zero-order valence-electron chi connectivity index (χ0n) is 11.0. The van der Waals surface area contributed by atoms with Crippen molar-refractivity contribution in [2.24, 2.45) is 0 Å². The SMILES string of the molecule is O=C(Nc1ncccn1)c1cc(Cl)c2c(c1)OCCCO2. The maximum atomic E-state index is 12.2. The summed E-state index contributed by atoms with van der Waals surface area (Å²) in [5.74, 6) is 0.810. The topological polar surface area (TPSA) is 73.3 Å². The zero-order chi connectivity index (χ0) is 14.7. The Morgan fingerprint density at radius 3 is 2.76 bits per heavy atom. The Morgan fingerprint density at radius 2 is 1.95 bits per heavy atom. The Hall–Kier alpha value is -2.34. The van der Waals surface area contributed by atoms with E-state index in [1.54, 1.807) is 24.5 Å². The molecule has 1 aromatic heterocycles. The number of benzene rings is 1. The van der Waals surface area contributed by atoms with Crippen LogP contribution < -0.4 is 14.8 Å². The van der Waals surface area contributed by atoms with Crippen molar-refractivity contribution in [2.45, 2.75) is 6.42 Å². The number of fused-ring (bicyclic) bond motifs is 1. The number of hydrogen-bond acceptors (Lipinski definition) is 5. The summed E-state index contributed by atoms with van der Waals surface area (Å²) in [5.41, 5.74) is 0.358. The summed E-state index contributed by atoms with van der Waals surface area (Å²) in [6.07, 6.45) is 3.86. The van der Waals surface area contributed by atoms with Gasteiger partial charge < -0.3 is 9.47 Å². The number of ether oxygens (including phenoxy) is 2. The average molecular weight is 306 g/mol. The van der Waals surface area contributed by atoms with Crippen LogP contribution in [0, 0.1) is 0 Å². The van der Waals surface area contributed by atoms with Crippen molar-refractivity contribution < 1.29 is 14.3 Å². The molecular formula is C14H12ClN3O3. The van der Waals surface area contributed by atoms with Crippen LogP contribution in [0.2, 0.25) is 5.02 Å². The fourth-order valence-corrected chi connectivity index (χ4v) is 2.16. The van der Waals surface area contributed by atoms with Crippen LogP contribution in [0.25, 0.3) is 0 Å². The molecule has 1 aromatic carbocycles. The predicted molar refractivity (Wildman–Crippen MR) is 77.0 cm³/mol. The molecule has 0 fully saturated rings. The molecule has 0 unspecified atom stereocenters. The summed E-state index contributed by atoms with van der Waals surface area (Å²) in [7, 11) is 0. The highest BCUT2D eigenvalue weighted by molar-refractivity contribution is 6.32. The maximum absolute atomic E-state index is 12.2. The van der Waals surface area contributed by atoms with Gasteiger partial charge in [0, 0.05) is 24.4 Å². The van der Waals surface area contributed by atoms with E-state index < -0.39 is 0 Å². The lowest BCUT2D eigenvalue weighted by molar-refractivity contribution is 0.102. The predicted octanol–water partition coefficient (Wildman–Crippen LogP) is 2.54. The lowest BCUT2D eigenvalue weighted by atomic mass is 10.2. The fourth-order valence-electron chi connectivity index (χ4n) is 1.90. The number of carbonyl (C=O) groups is 1. The van der Waals surface area contributed by atoms with Crippen molar-refractivity contribution in [3.63, 3.8) is 0 Å². The van der Waals surface area contributed by atoms with Gasteiger partial charge in [-0.2, -0.15) is 0 Å². The summed E-state index contributed by atoms with van der Waals surface area (Å²) < 4.78 is 11.1. The van der Waals surface area contributed by atoms with Gasteiger partial charge in [0.1, 0.15) is 0 Å². The van der Waals surface area contributed by atoms with E-state index >= 15 is 0 Å². The van der Waals surface area contributed by atoms with Crippen molar-refractivity contribution in [1.29, 1.82) is 0 Å². The second kappa shape index (κ2) is 5.97. The van der Waals surface area contributed by atoms with Gasteiger partial charge in [-0.3, -0.25) is 10.1 Å². The van der Waals surface area contributed by atoms with Crippen LogP contribution in [-0.2, 0) is 0 Å². The Bertz CT molecular complexity index is 664. The Morgan fingerprint density at radius 1 is 1.19 bits per heavy atom. The normalized spacial score (nSPS) is 13.4. The van der Waals surface area contributed by atoms with E-state index in [1.807, 2.05) is 0 Å². The molecule has 0 atom stereocenters. The van der Waals surface area contributed by atoms with Gasteiger partial charge in [0.25, 0.3) is 5.91 Å². The molecule has 0 saturated carbocycles. The number of aromatic nitrogens is 2. The van der Waals surface area contributed by atoms with Gasteiger partial charge in [0.15, 0.2) is 11.5 Å². The van der Waals surface area contributed by atoms with Crippen LogP contribution in [-0.4, -0.2) is 29.1 Å². The van der Waals surface area contributed by atoms with Gasteiger partial charge in [-0.05, 0) is 18.2 Å². The molecule has 0 radical (unpaired) electrons. The standard InChI is InChI=1S/C14H12ClN3O3/c15-10-7-9(8-11-12(10)21-6-2-5-20-11)13(19)18-14-16-3-1-4-17-14/h1,3-4,7-8H,2,5-6H2,(H,16,17,18,19). The second-order valence-corrected chi connectivity index (χ2v) is 4.77. The minimum absolute atomic E-state index is 0.228. The smallest absolute Gasteiger partial charge is 0.258 e. The molecule has 0 aliphatic carbocycles. The Labute approximate surface area is 126 Å². The van der Waals surface area contributed by atoms with E-state index in [0.29, 0.717) is 35.3 Å². The minimum atomic E-state index is -0.362. The largest absolute Gasteiger partial charge is 0.489 e. The third kappa shape index (κ3) is 3.05. The summed E-state index contributed by atoms with van der Waals surface area (Å²) >= 11 is 6.15. The molecule has 21 heavy (non-hydrogen) atoms. The van der Waals surface area contributed by atoms with Crippen molar-refractivity contribution in [1.82, 2.24) is 9.97 Å². The molecule has 6 nitrogen and oxygen atoms in total. The van der Waals surface area contributed by atoms with Gasteiger partial charge in [0.05, 0.1) is 18.2 Å². The molecule has 108 valence electrons. The molecule has 0 bridgehead atoms. The molecule has 1 aliphatic rings. The fraction of sp³-hybridized carbons (Fsp3) is 0.214. The van der Waals surface area contributed by atoms with E-state index in [-0.39, 0.29) is 11.9 Å². The first-order valence-electron chi connectivity index (χ1n) is 6.41. The zero-order valence-corrected chi connectivity index (χ0v) is 11.8. The van der Waals surface area contributed by atoms with Crippen molar-refractivity contribution in [2.75, 3.05) is 18.5 Å². The number of hydrogen-bond donors (Lipinski definition) is 1. The highest BCUT2D eigenvalue weighted by atomic mass is 35.5. The molecular weight excluding hydrogens is 294 g/mol. The number of carbonyl (C=O) groups excluding carboxylic acids is 1. The lowest BCUT2D eigenvalue weighted by Gasteiger charge is -2.11. The summed E-state index contributed by atoms with van der Waals surface area (Å²) in [6.45, 7) is 1.06. The maximum Gasteiger partial charge on any atom is 0.258 e. The van der Waals surface area contributed by atoms with Crippen LogP contribution in [0.5, 0.6) is 11.5 Å². The van der Waals surface area contributed by atoms with Crippen molar-refractivity contribution >= 4 is 23.5 Å². The molecule has 3 rings (SSSR count). The van der Waals surface area contributed by atoms with Gasteiger partial charge in [-0.1, -0.05) is 11.6 Å². The number of nitrogens with zero attached hydrogens (tertiary/aromatic N) is 2. The number of amides is 1. The third-order valence-corrected chi connectivity index (χ3v) is 3.14. The van der Waals surface area contributed by atoms with Gasteiger partial charge in [-0.15, -0.1) is 0 Å². The molecule has 0 saturated heterocycles. The van der Waals surface area contributed by atoms with Crippen LogP contribution in [0.4, 0.5) is 5.95 Å². The highest BCUT2D eigenvalue weighted by Crippen LogP contribution is 2.38. The average Bonchev–Trinajstić information content (AvgIpc) is 2.74. The molecule has 0 spiro atoms. The van der Waals surface area contributed by atoms with E-state index in [9.17, 15) is 4.79 Å². The Kier molecular flexibility index (Phi) is 3.87. The molecule has 1 aliphatic heterocycles. The summed E-state index contributed by atoms with van der Waals surface area (Å²) in [5, 5.41) is 2.93. The van der Waals surface area contributed by atoms with E-state index in [0.717, 1.165) is 6.42 Å². The van der Waals surface area contributed by atoms with E-state index in [2.05, 4.69) is 15.3 Å². The first-order valence-corrected chi connectivity index (χ1v) is 6.79. The Balaban J connectivity index is 1.87. The van der Waals surface area contributed by atoms with Gasteiger partial charge in [0.2, 0.25) is 5.95 Å². The second-order valence-electron chi connectivity index (χ2n) is 4.36. The molecule has 1 N–H and O–H groups in total. The van der Waals surface area contributed by atoms with Crippen LogP contribution >= 0.6 is 11.6 Å². The van der Waals surface area contributed by atoms with Crippen LogP contribution in [0.1, 0.15) is 16.8 Å². The third-order valence-electron chi connectivity index (χ3n) is 2.86. The minimum Gasteiger partial charge on any atom is -0.489 e. The number of nitrogens with one attached hydrogen (secondary N) is 1. The van der Waals surface area contributed by atoms with Gasteiger partial charge in [-0.25, -0.2) is 9.97 Å². The monoisotopic (exact) mass is 305 g/mol. The number of anilines is 1. The van der Waals surface area contributed by atoms with Crippen LogP contribution in [0.3, 0.4) is 0 Å². The van der Waals surface area contributed by atoms with Crippen molar-refractivity contribution in [3.8, 4) is 11.5 Å². The first-order chi connectivity index (χ1) is 10.2. The highest BCUT2D eigenvalue weighted by Gasteiger charge is 2.18. The quantitative estimate of drug-likeness (QED) is 0.923. The van der Waals surface area contributed by atoms with Crippen LogP contribution in [0.15, 0.2) is 30.6 Å². The molecule has 1 amide bonds. The van der Waals surface area contributed by atoms with Crippen molar-refractivity contribution in [3.05, 3.63) is 41.2 Å². The number of rotatable bonds is 2. The summed E-state index contributed by atoms with van der Waals surface area (Å²) in [4.78, 5) is 20.1. The van der Waals surface area contributed by atoms with E-state index in [4.69, 9.17) is 21.1 Å².